The Hall–Kier alpha value is -8.40. The molecule has 17 nitrogen and oxygen atoms in total. The van der Waals surface area contributed by atoms with Gasteiger partial charge in [0.15, 0.2) is 5.78 Å². The van der Waals surface area contributed by atoms with E-state index in [4.69, 9.17) is 26.3 Å². The third-order valence-electron chi connectivity index (χ3n) is 19.2. The zero-order valence-electron chi connectivity index (χ0n) is 51.4. The number of hydrogen-bond donors (Lipinski definition) is 2. The molecule has 0 aliphatic carbocycles. The zero-order valence-corrected chi connectivity index (χ0v) is 53.0. The Kier molecular flexibility index (Phi) is 16.5. The normalized spacial score (nSPS) is 17.2. The molecule has 2 N–H and O–H groups in total. The molecule has 7 aromatic rings. The van der Waals surface area contributed by atoms with E-state index in [0.29, 0.717) is 59.5 Å². The van der Waals surface area contributed by atoms with Crippen LogP contribution in [0.1, 0.15) is 141 Å². The first kappa shape index (κ1) is 61.1. The molecule has 7 aliphatic heterocycles. The highest BCUT2D eigenvalue weighted by atomic mass is 35.5. The number of ketones is 1. The lowest BCUT2D eigenvalue weighted by Gasteiger charge is -2.36. The molecular weight excluding hydrogens is 1220 g/mol. The van der Waals surface area contributed by atoms with Gasteiger partial charge in [0.05, 0.1) is 33.3 Å². The molecule has 0 saturated carbocycles. The first-order chi connectivity index (χ1) is 44.5. The number of halogens is 4. The highest BCUT2D eigenvalue weighted by Crippen LogP contribution is 2.53. The van der Waals surface area contributed by atoms with Crippen LogP contribution in [0, 0.1) is 13.8 Å². The van der Waals surface area contributed by atoms with Gasteiger partial charge in [-0.3, -0.25) is 19.3 Å². The lowest BCUT2D eigenvalue weighted by molar-refractivity contribution is -0.166. The van der Waals surface area contributed by atoms with Crippen LogP contribution >= 0.6 is 22.9 Å². The lowest BCUT2D eigenvalue weighted by atomic mass is 9.82. The summed E-state index contributed by atoms with van der Waals surface area (Å²) in [5.74, 6) is 0.965. The number of anilines is 2. The van der Waals surface area contributed by atoms with Crippen molar-refractivity contribution in [2.75, 3.05) is 81.8 Å². The molecule has 7 aliphatic rings. The van der Waals surface area contributed by atoms with Gasteiger partial charge in [-0.2, -0.15) is 13.2 Å². The van der Waals surface area contributed by atoms with Crippen LogP contribution in [0.4, 0.5) is 24.7 Å². The number of nitrogens with one attached hydrogen (secondary N) is 1. The minimum absolute atomic E-state index is 0.00569. The Bertz CT molecular complexity index is 4310. The number of carbonyl (C=O) groups excluding carboxylic acids is 3. The van der Waals surface area contributed by atoms with Gasteiger partial charge in [0.2, 0.25) is 11.3 Å². The van der Waals surface area contributed by atoms with Crippen LogP contribution < -0.4 is 35.0 Å². The van der Waals surface area contributed by atoms with Crippen molar-refractivity contribution in [2.24, 2.45) is 10.2 Å². The number of fused-ring (bicyclic) bond motifs is 4. The summed E-state index contributed by atoms with van der Waals surface area (Å²) in [5, 5.41) is 24.2. The Labute approximate surface area is 539 Å². The van der Waals surface area contributed by atoms with Crippen LogP contribution in [0.3, 0.4) is 0 Å². The Morgan fingerprint density at radius 2 is 1.58 bits per heavy atom. The summed E-state index contributed by atoms with van der Waals surface area (Å²) < 4.78 is 52.0. The zero-order chi connectivity index (χ0) is 63.6. The van der Waals surface area contributed by atoms with E-state index >= 15 is 0 Å². The number of nitrogens with zero attached hydrogens (tertiary/aromatic N) is 10. The molecule has 1 fully saturated rings. The molecule has 0 radical (unpaired) electrons. The van der Waals surface area contributed by atoms with E-state index in [0.717, 1.165) is 157 Å². The Balaban J connectivity index is 0.708. The molecule has 92 heavy (non-hydrogen) atoms. The van der Waals surface area contributed by atoms with Gasteiger partial charge in [-0.15, -0.1) is 21.6 Å². The molecule has 2 amide bonds. The predicted molar refractivity (Wildman–Crippen MR) is 344 cm³/mol. The maximum Gasteiger partial charge on any atom is 0.442 e. The standard InChI is InChI=1S/C70H69ClF3N11O6S/c1-41-10-7-15-56(71)52(41)37-57(86)58-38-76-60(92-58)36-48-35-59(78-42(2)77-48)82-30-28-81(29-31-82)40-61(87)85(39-43-16-19-47(20-17-43)69(79-80-69)70(72,73)74)27-22-75-67(88)46-18-21-49(68(89)90)53(34-46)62-54-32-44-11-3-5-23-83-25-8-13-50(63(44)83)65(54)91-66-51-14-9-26-84-24-6-4-12-45(64(51)84)33-55(62)66/h7,10,15-21,32-35,38H,3-6,8-9,11-14,22-31,36-37,39-40H2,1-2H3,(H-,75,88,89,90)/p+1. The van der Waals surface area contributed by atoms with Crippen molar-refractivity contribution >= 4 is 63.6 Å². The highest BCUT2D eigenvalue weighted by Gasteiger charge is 2.65. The van der Waals surface area contributed by atoms with Gasteiger partial charge in [0.1, 0.15) is 36.2 Å². The smallest absolute Gasteiger partial charge is 0.442 e. The molecule has 1 saturated heterocycles. The van der Waals surface area contributed by atoms with E-state index in [1.54, 1.807) is 35.4 Å². The van der Waals surface area contributed by atoms with Crippen LogP contribution in [-0.2, 0) is 55.5 Å². The molecule has 0 unspecified atom stereocenters. The van der Waals surface area contributed by atoms with Gasteiger partial charge in [-0.1, -0.05) is 48.0 Å². The van der Waals surface area contributed by atoms with Crippen molar-refractivity contribution in [1.29, 1.82) is 0 Å². The van der Waals surface area contributed by atoms with Crippen LogP contribution in [0.25, 0.3) is 5.57 Å². The minimum atomic E-state index is -4.71. The van der Waals surface area contributed by atoms with E-state index in [2.05, 4.69) is 47.0 Å². The van der Waals surface area contributed by atoms with Crippen LogP contribution in [0.5, 0.6) is 11.5 Å². The van der Waals surface area contributed by atoms with E-state index in [1.807, 2.05) is 36.9 Å². The molecule has 0 atom stereocenters. The number of carboxylic acid groups (broad SMARTS) is 1. The number of aromatic nitrogens is 3. The van der Waals surface area contributed by atoms with Crippen LogP contribution in [0.2, 0.25) is 5.02 Å². The number of aryl methyl sites for hydroxylation is 4. The topological polar surface area (TPSA) is 189 Å². The fourth-order valence-electron chi connectivity index (χ4n) is 14.5. The van der Waals surface area contributed by atoms with Crippen molar-refractivity contribution in [3.63, 3.8) is 0 Å². The molecule has 14 rings (SSSR count). The first-order valence-electron chi connectivity index (χ1n) is 32.0. The highest BCUT2D eigenvalue weighted by molar-refractivity contribution is 7.13. The third kappa shape index (κ3) is 11.8. The predicted octanol–water partition coefficient (Wildman–Crippen LogP) is 9.89. The molecular formula is C70H70ClF3N11O6S+. The fraction of sp³-hybridized carbons (Fsp3) is 0.400. The summed E-state index contributed by atoms with van der Waals surface area (Å²) in [4.78, 5) is 79.1. The van der Waals surface area contributed by atoms with Crippen molar-refractivity contribution < 1.29 is 42.2 Å². The van der Waals surface area contributed by atoms with E-state index in [9.17, 15) is 37.5 Å². The number of thiazole rings is 1. The number of Topliss-reactive ketones (excluding diaryl/α,β-unsaturated/α-hetero) is 1. The molecule has 2 aromatic heterocycles. The third-order valence-corrected chi connectivity index (χ3v) is 20.6. The number of ether oxygens (including phenoxy) is 1. The number of amides is 2. The summed E-state index contributed by atoms with van der Waals surface area (Å²) in [6.45, 7) is 9.89. The van der Waals surface area contributed by atoms with Gasteiger partial charge in [-0.05, 0) is 129 Å². The van der Waals surface area contributed by atoms with Crippen molar-refractivity contribution in [3.8, 4) is 11.5 Å². The van der Waals surface area contributed by atoms with Gasteiger partial charge in [0, 0.05) is 146 Å². The summed E-state index contributed by atoms with van der Waals surface area (Å²) in [5.41, 5.74) is 8.69. The van der Waals surface area contributed by atoms with Gasteiger partial charge >= 0.3 is 17.8 Å². The van der Waals surface area contributed by atoms with Gasteiger partial charge in [0.25, 0.3) is 5.91 Å². The monoisotopic (exact) mass is 1280 g/mol. The quantitative estimate of drug-likeness (QED) is 0.0650. The molecule has 0 spiro atoms. The second-order valence-corrected chi connectivity index (χ2v) is 26.7. The number of rotatable bonds is 17. The summed E-state index contributed by atoms with van der Waals surface area (Å²) in [7, 11) is 0. The number of hydrogen-bond acceptors (Lipinski definition) is 14. The number of carbonyl (C=O) groups is 4. The van der Waals surface area contributed by atoms with Crippen molar-refractivity contribution in [2.45, 2.75) is 109 Å². The summed E-state index contributed by atoms with van der Waals surface area (Å²) in [6, 6.07) is 22.5. The van der Waals surface area contributed by atoms with Crippen LogP contribution in [-0.4, -0.2) is 132 Å². The summed E-state index contributed by atoms with van der Waals surface area (Å²) >= 11 is 7.77. The maximum atomic E-state index is 14.7. The molecule has 5 aromatic carbocycles. The molecule has 474 valence electrons. The van der Waals surface area contributed by atoms with Crippen LogP contribution in [0.15, 0.2) is 95.3 Å². The van der Waals surface area contributed by atoms with E-state index in [-0.39, 0.29) is 61.0 Å². The minimum Gasteiger partial charge on any atom is -0.478 e. The average molecular weight is 1290 g/mol. The van der Waals surface area contributed by atoms with Gasteiger partial charge in [-0.25, -0.2) is 24.3 Å². The largest absolute Gasteiger partial charge is 0.478 e. The summed E-state index contributed by atoms with van der Waals surface area (Å²) in [6.07, 6.45) is 7.08. The second-order valence-electron chi connectivity index (χ2n) is 25.2. The molecule has 22 heteroatoms. The van der Waals surface area contributed by atoms with Crippen molar-refractivity contribution in [3.05, 3.63) is 189 Å². The van der Waals surface area contributed by atoms with E-state index < -0.39 is 23.7 Å². The number of aromatic carboxylic acids is 1. The number of carboxylic acids is 1. The first-order valence-corrected chi connectivity index (χ1v) is 33.2. The van der Waals surface area contributed by atoms with E-state index in [1.165, 1.54) is 57.8 Å². The lowest BCUT2D eigenvalue weighted by Crippen LogP contribution is -2.51. The van der Waals surface area contributed by atoms with Gasteiger partial charge < -0.3 is 29.9 Å². The second kappa shape index (κ2) is 24.9. The number of alkyl halides is 3. The average Bonchev–Trinajstić information content (AvgIpc) is 1.25. The Morgan fingerprint density at radius 1 is 0.804 bits per heavy atom. The fourth-order valence-corrected chi connectivity index (χ4v) is 15.7. The molecule has 9 heterocycles. The Morgan fingerprint density at radius 3 is 2.36 bits per heavy atom. The maximum absolute atomic E-state index is 14.7. The molecule has 0 bridgehead atoms. The SMILES string of the molecule is Cc1nc(Cc2ncc(C(=O)Cc3c(C)cccc3Cl)s2)cc(N2CCN(CC(=O)N(CCNC(=O)c3ccc(C(=O)O)c(C4=c5cc6c7c(c5Oc5c4cc4c8c5CCCN8CCCC4)CCC[N+]=7CCCC6)c3)Cc3ccc(C4(C(F)(F)F)N=N4)cc3)CC2)n1. The number of benzene rings is 5. The number of piperazine rings is 1. The van der Waals surface area contributed by atoms with Crippen molar-refractivity contribution in [1.82, 2.24) is 34.6 Å².